The Balaban J connectivity index is 2.29. The molecule has 0 unspecified atom stereocenters. The summed E-state index contributed by atoms with van der Waals surface area (Å²) in [5.41, 5.74) is 0.0610. The van der Waals surface area contributed by atoms with E-state index in [1.165, 1.54) is 11.8 Å². The lowest BCUT2D eigenvalue weighted by Gasteiger charge is -2.23. The third-order valence-electron chi connectivity index (χ3n) is 3.55. The second kappa shape index (κ2) is 6.94. The number of halogens is 2. The van der Waals surface area contributed by atoms with Crippen LogP contribution in [0.4, 0.5) is 10.2 Å². The van der Waals surface area contributed by atoms with Gasteiger partial charge in [0.05, 0.1) is 12.0 Å². The maximum absolute atomic E-state index is 14.4. The smallest absolute Gasteiger partial charge is 0.189 e. The molecule has 3 rings (SSSR count). The second-order valence-electron chi connectivity index (χ2n) is 4.93. The highest BCUT2D eigenvalue weighted by atomic mass is 35.5. The number of fused-ring (bicyclic) bond motifs is 1. The molecule has 6 nitrogen and oxygen atoms in total. The Morgan fingerprint density at radius 3 is 2.87 bits per heavy atom. The fourth-order valence-corrected chi connectivity index (χ4v) is 3.04. The first-order valence-corrected chi connectivity index (χ1v) is 8.64. The Bertz CT molecular complexity index is 753. The molecule has 0 amide bonds. The van der Waals surface area contributed by atoms with Gasteiger partial charge < -0.3 is 9.64 Å². The maximum atomic E-state index is 14.4. The van der Waals surface area contributed by atoms with Crippen molar-refractivity contribution in [3.8, 4) is 0 Å². The molecule has 0 atom stereocenters. The number of carbonyl (C=O) groups excluding carboxylic acids is 1. The van der Waals surface area contributed by atoms with Gasteiger partial charge in [-0.05, 0) is 12.7 Å². The fourth-order valence-electron chi connectivity index (χ4n) is 2.50. The van der Waals surface area contributed by atoms with Crippen LogP contribution >= 0.6 is 23.4 Å². The number of aldehydes is 1. The van der Waals surface area contributed by atoms with Crippen molar-refractivity contribution in [1.82, 2.24) is 15.0 Å². The molecule has 0 radical (unpaired) electrons. The van der Waals surface area contributed by atoms with Crippen LogP contribution in [-0.4, -0.2) is 53.8 Å². The second-order valence-corrected chi connectivity index (χ2v) is 6.06. The molecule has 1 fully saturated rings. The van der Waals surface area contributed by atoms with Crippen LogP contribution in [0, 0.1) is 5.82 Å². The van der Waals surface area contributed by atoms with E-state index in [1.807, 2.05) is 4.90 Å². The van der Waals surface area contributed by atoms with Crippen LogP contribution in [0.5, 0.6) is 0 Å². The molecule has 23 heavy (non-hydrogen) atoms. The molecule has 2 aromatic heterocycles. The number of hydrogen-bond acceptors (Lipinski definition) is 7. The normalized spacial score (nSPS) is 15.7. The number of pyridine rings is 1. The highest BCUT2D eigenvalue weighted by Crippen LogP contribution is 2.32. The summed E-state index contributed by atoms with van der Waals surface area (Å²) in [7, 11) is 0. The van der Waals surface area contributed by atoms with Crippen molar-refractivity contribution in [3.63, 3.8) is 0 Å². The summed E-state index contributed by atoms with van der Waals surface area (Å²) in [5.74, 6) is -0.243. The van der Waals surface area contributed by atoms with Gasteiger partial charge in [0.2, 0.25) is 0 Å². The van der Waals surface area contributed by atoms with Crippen molar-refractivity contribution in [3.05, 3.63) is 16.7 Å². The Labute approximate surface area is 141 Å². The van der Waals surface area contributed by atoms with Gasteiger partial charge in [0.25, 0.3) is 0 Å². The summed E-state index contributed by atoms with van der Waals surface area (Å²) >= 11 is 7.08. The number of nitrogens with zero attached hydrogens (tertiary/aromatic N) is 4. The third-order valence-corrected chi connectivity index (χ3v) is 4.35. The molecule has 0 bridgehead atoms. The van der Waals surface area contributed by atoms with Crippen LogP contribution < -0.4 is 4.90 Å². The maximum Gasteiger partial charge on any atom is 0.189 e. The average Bonchev–Trinajstić information content (AvgIpc) is 2.86. The Morgan fingerprint density at radius 2 is 2.13 bits per heavy atom. The lowest BCUT2D eigenvalue weighted by atomic mass is 10.2. The van der Waals surface area contributed by atoms with Crippen LogP contribution in [0.25, 0.3) is 10.9 Å². The largest absolute Gasteiger partial charge is 0.380 e. The van der Waals surface area contributed by atoms with Crippen LogP contribution in [0.3, 0.4) is 0 Å². The molecule has 0 aliphatic carbocycles. The Kier molecular flexibility index (Phi) is 4.93. The van der Waals surface area contributed by atoms with E-state index in [-0.39, 0.29) is 16.4 Å². The molecule has 122 valence electrons. The predicted octanol–water partition coefficient (Wildman–Crippen LogP) is 2.58. The number of anilines is 1. The third kappa shape index (κ3) is 3.11. The summed E-state index contributed by atoms with van der Waals surface area (Å²) in [6.07, 6.45) is 3.17. The van der Waals surface area contributed by atoms with E-state index in [0.29, 0.717) is 48.9 Å². The summed E-state index contributed by atoms with van der Waals surface area (Å²) < 4.78 is 19.8. The SMILES string of the molecule is CSc1nc(N2CCCOCC2)c2c(C=O)nc(Cl)c(F)c2n1. The van der Waals surface area contributed by atoms with Crippen LogP contribution in [-0.2, 0) is 4.74 Å². The molecular formula is C14H14ClFN4O2S. The van der Waals surface area contributed by atoms with Gasteiger partial charge in [-0.3, -0.25) is 4.79 Å². The Hall–Kier alpha value is -1.51. The lowest BCUT2D eigenvalue weighted by Crippen LogP contribution is -2.27. The zero-order chi connectivity index (χ0) is 16.4. The van der Waals surface area contributed by atoms with Crippen molar-refractivity contribution in [2.45, 2.75) is 11.6 Å². The molecule has 0 N–H and O–H groups in total. The highest BCUT2D eigenvalue weighted by Gasteiger charge is 2.23. The zero-order valence-electron chi connectivity index (χ0n) is 12.4. The molecule has 0 spiro atoms. The van der Waals surface area contributed by atoms with E-state index in [4.69, 9.17) is 16.3 Å². The quantitative estimate of drug-likeness (QED) is 0.362. The molecule has 0 aromatic carbocycles. The first-order chi connectivity index (χ1) is 11.2. The van der Waals surface area contributed by atoms with Crippen molar-refractivity contribution >= 4 is 46.4 Å². The molecule has 3 heterocycles. The van der Waals surface area contributed by atoms with Gasteiger partial charge in [-0.15, -0.1) is 0 Å². The Morgan fingerprint density at radius 1 is 1.30 bits per heavy atom. The van der Waals surface area contributed by atoms with E-state index in [1.54, 1.807) is 6.26 Å². The predicted molar refractivity (Wildman–Crippen MR) is 87.1 cm³/mol. The van der Waals surface area contributed by atoms with Gasteiger partial charge in [-0.1, -0.05) is 23.4 Å². The van der Waals surface area contributed by atoms with E-state index in [2.05, 4.69) is 15.0 Å². The van der Waals surface area contributed by atoms with Crippen LogP contribution in [0.15, 0.2) is 5.16 Å². The van der Waals surface area contributed by atoms with E-state index in [9.17, 15) is 9.18 Å². The highest BCUT2D eigenvalue weighted by molar-refractivity contribution is 7.98. The number of ether oxygens (including phenoxy) is 1. The van der Waals surface area contributed by atoms with E-state index in [0.717, 1.165) is 6.42 Å². The van der Waals surface area contributed by atoms with Crippen LogP contribution in [0.1, 0.15) is 16.9 Å². The molecule has 1 aliphatic heterocycles. The molecular weight excluding hydrogens is 343 g/mol. The molecule has 9 heteroatoms. The number of carbonyl (C=O) groups is 1. The summed E-state index contributed by atoms with van der Waals surface area (Å²) in [6.45, 7) is 2.50. The summed E-state index contributed by atoms with van der Waals surface area (Å²) in [5, 5.41) is 0.341. The molecule has 0 saturated carbocycles. The van der Waals surface area contributed by atoms with Gasteiger partial charge in [-0.2, -0.15) is 0 Å². The van der Waals surface area contributed by atoms with E-state index >= 15 is 0 Å². The van der Waals surface area contributed by atoms with Gasteiger partial charge in [0.1, 0.15) is 17.0 Å². The van der Waals surface area contributed by atoms with Gasteiger partial charge in [0, 0.05) is 19.7 Å². The lowest BCUT2D eigenvalue weighted by molar-refractivity contribution is 0.112. The number of thioether (sulfide) groups is 1. The van der Waals surface area contributed by atoms with Crippen molar-refractivity contribution < 1.29 is 13.9 Å². The number of rotatable bonds is 3. The van der Waals surface area contributed by atoms with Gasteiger partial charge in [-0.25, -0.2) is 19.3 Å². The summed E-state index contributed by atoms with van der Waals surface area (Å²) in [6, 6.07) is 0. The van der Waals surface area contributed by atoms with Crippen molar-refractivity contribution in [2.24, 2.45) is 0 Å². The molecule has 1 aliphatic rings. The fraction of sp³-hybridized carbons (Fsp3) is 0.429. The standard InChI is InChI=1S/C14H14ClFN4O2S/c1-23-14-18-11-9(8(7-21)17-12(15)10(11)16)13(19-14)20-3-2-5-22-6-4-20/h7H,2-6H2,1H3. The first-order valence-electron chi connectivity index (χ1n) is 7.04. The van der Waals surface area contributed by atoms with Gasteiger partial charge >= 0.3 is 0 Å². The monoisotopic (exact) mass is 356 g/mol. The minimum absolute atomic E-state index is 0.0200. The van der Waals surface area contributed by atoms with Gasteiger partial charge in [0.15, 0.2) is 22.4 Å². The van der Waals surface area contributed by atoms with Crippen molar-refractivity contribution in [2.75, 3.05) is 37.5 Å². The number of hydrogen-bond donors (Lipinski definition) is 0. The zero-order valence-corrected chi connectivity index (χ0v) is 14.0. The van der Waals surface area contributed by atoms with E-state index < -0.39 is 5.82 Å². The minimum atomic E-state index is -0.739. The van der Waals surface area contributed by atoms with Crippen molar-refractivity contribution in [1.29, 1.82) is 0 Å². The molecule has 2 aromatic rings. The number of aromatic nitrogens is 3. The van der Waals surface area contributed by atoms with Crippen LogP contribution in [0.2, 0.25) is 5.15 Å². The topological polar surface area (TPSA) is 68.2 Å². The average molecular weight is 357 g/mol. The minimum Gasteiger partial charge on any atom is -0.380 e. The first kappa shape index (κ1) is 16.4. The summed E-state index contributed by atoms with van der Waals surface area (Å²) in [4.78, 5) is 25.9. The molecule has 1 saturated heterocycles.